The molecule has 2 aliphatic heterocycles. The molecule has 7 nitrogen and oxygen atoms in total. The van der Waals surface area contributed by atoms with Gasteiger partial charge in [-0.3, -0.25) is 14.4 Å². The van der Waals surface area contributed by atoms with Gasteiger partial charge in [-0.05, 0) is 24.8 Å². The van der Waals surface area contributed by atoms with Crippen LogP contribution in [-0.4, -0.2) is 71.5 Å². The van der Waals surface area contributed by atoms with E-state index in [0.717, 1.165) is 5.56 Å². The van der Waals surface area contributed by atoms with Crippen LogP contribution in [0.2, 0.25) is 0 Å². The number of aliphatic hydroxyl groups is 1. The molecule has 0 aromatic heterocycles. The molecule has 1 aliphatic carbocycles. The number of carbonyl (C=O) groups excluding carboxylic acids is 3. The largest absolute Gasteiger partial charge is 0.393 e. The Morgan fingerprint density at radius 3 is 2.50 bits per heavy atom. The lowest BCUT2D eigenvalue weighted by Crippen LogP contribution is -2.67. The molecule has 2 N–H and O–H groups in total. The lowest BCUT2D eigenvalue weighted by atomic mass is 9.71. The van der Waals surface area contributed by atoms with E-state index in [1.807, 2.05) is 30.3 Å². The Balaban J connectivity index is 1.49. The van der Waals surface area contributed by atoms with Crippen molar-refractivity contribution < 1.29 is 19.5 Å². The first-order valence-electron chi connectivity index (χ1n) is 10.0. The molecule has 1 aromatic carbocycles. The van der Waals surface area contributed by atoms with Crippen molar-refractivity contribution in [3.05, 3.63) is 35.9 Å². The molecule has 0 spiro atoms. The van der Waals surface area contributed by atoms with Gasteiger partial charge in [0, 0.05) is 45.1 Å². The summed E-state index contributed by atoms with van der Waals surface area (Å²) < 4.78 is 0. The number of aliphatic hydroxyl groups excluding tert-OH is 1. The summed E-state index contributed by atoms with van der Waals surface area (Å²) in [6.45, 7) is 2.20. The van der Waals surface area contributed by atoms with Crippen LogP contribution in [0.25, 0.3) is 0 Å². The average molecular weight is 385 g/mol. The Labute approximate surface area is 164 Å². The Morgan fingerprint density at radius 1 is 1.11 bits per heavy atom. The number of benzene rings is 1. The Kier molecular flexibility index (Phi) is 5.10. The summed E-state index contributed by atoms with van der Waals surface area (Å²) in [6, 6.07) is 9.88. The van der Waals surface area contributed by atoms with Crippen molar-refractivity contribution >= 4 is 17.7 Å². The second-order valence-corrected chi connectivity index (χ2v) is 8.35. The van der Waals surface area contributed by atoms with Gasteiger partial charge in [-0.15, -0.1) is 0 Å². The van der Waals surface area contributed by atoms with Crippen molar-refractivity contribution in [2.75, 3.05) is 32.7 Å². The van der Waals surface area contributed by atoms with Crippen LogP contribution in [-0.2, 0) is 20.8 Å². The van der Waals surface area contributed by atoms with E-state index in [2.05, 4.69) is 5.32 Å². The molecule has 150 valence electrons. The smallest absolute Gasteiger partial charge is 0.232 e. The SMILES string of the molecule is O=C1CCN(C(=O)C2(Cc3ccccc3)CN(C(=O)C3CC(O)C3)C2)CCN1. The van der Waals surface area contributed by atoms with E-state index in [1.165, 1.54) is 0 Å². The van der Waals surface area contributed by atoms with Gasteiger partial charge in [0.2, 0.25) is 17.7 Å². The highest BCUT2D eigenvalue weighted by Crippen LogP contribution is 2.39. The summed E-state index contributed by atoms with van der Waals surface area (Å²) in [5.41, 5.74) is 0.443. The second kappa shape index (κ2) is 7.54. The fourth-order valence-electron chi connectivity index (χ4n) is 4.50. The summed E-state index contributed by atoms with van der Waals surface area (Å²) in [5, 5.41) is 12.3. The predicted octanol–water partition coefficient (Wildman–Crippen LogP) is 0.177. The highest BCUT2D eigenvalue weighted by molar-refractivity contribution is 5.89. The molecule has 0 atom stereocenters. The van der Waals surface area contributed by atoms with Crippen molar-refractivity contribution in [3.8, 4) is 0 Å². The van der Waals surface area contributed by atoms with Crippen LogP contribution >= 0.6 is 0 Å². The minimum Gasteiger partial charge on any atom is -0.393 e. The number of nitrogens with zero attached hydrogens (tertiary/aromatic N) is 2. The first kappa shape index (κ1) is 18.9. The topological polar surface area (TPSA) is 90.0 Å². The number of carbonyl (C=O) groups is 3. The van der Waals surface area contributed by atoms with Gasteiger partial charge in [-0.25, -0.2) is 0 Å². The van der Waals surface area contributed by atoms with E-state index in [0.29, 0.717) is 58.4 Å². The number of hydrogen-bond acceptors (Lipinski definition) is 4. The number of nitrogens with one attached hydrogen (secondary N) is 1. The Hall–Kier alpha value is -2.41. The highest BCUT2D eigenvalue weighted by Gasteiger charge is 2.54. The number of hydrogen-bond donors (Lipinski definition) is 2. The molecule has 3 amide bonds. The minimum absolute atomic E-state index is 0.0265. The molecule has 3 fully saturated rings. The number of rotatable bonds is 4. The van der Waals surface area contributed by atoms with Gasteiger partial charge in [0.05, 0.1) is 11.5 Å². The van der Waals surface area contributed by atoms with Crippen molar-refractivity contribution in [3.63, 3.8) is 0 Å². The minimum atomic E-state index is -0.632. The molecule has 4 rings (SSSR count). The van der Waals surface area contributed by atoms with Crippen molar-refractivity contribution in [2.45, 2.75) is 31.8 Å². The van der Waals surface area contributed by atoms with Crippen molar-refractivity contribution in [2.24, 2.45) is 11.3 Å². The van der Waals surface area contributed by atoms with E-state index in [-0.39, 0.29) is 29.7 Å². The monoisotopic (exact) mass is 385 g/mol. The van der Waals surface area contributed by atoms with Crippen LogP contribution in [0, 0.1) is 11.3 Å². The Morgan fingerprint density at radius 2 is 1.82 bits per heavy atom. The van der Waals surface area contributed by atoms with E-state index in [9.17, 15) is 19.5 Å². The van der Waals surface area contributed by atoms with Crippen LogP contribution in [0.4, 0.5) is 0 Å². The molecule has 2 heterocycles. The molecular formula is C21H27N3O4. The molecule has 0 radical (unpaired) electrons. The van der Waals surface area contributed by atoms with Crippen LogP contribution in [0.3, 0.4) is 0 Å². The predicted molar refractivity (Wildman–Crippen MR) is 102 cm³/mol. The normalized spacial score (nSPS) is 26.5. The quantitative estimate of drug-likeness (QED) is 0.774. The summed E-state index contributed by atoms with van der Waals surface area (Å²) in [7, 11) is 0. The van der Waals surface area contributed by atoms with Gasteiger partial charge < -0.3 is 20.2 Å². The van der Waals surface area contributed by atoms with E-state index in [4.69, 9.17) is 0 Å². The zero-order chi connectivity index (χ0) is 19.7. The first-order chi connectivity index (χ1) is 13.5. The second-order valence-electron chi connectivity index (χ2n) is 8.35. The lowest BCUT2D eigenvalue weighted by molar-refractivity contribution is -0.166. The maximum Gasteiger partial charge on any atom is 0.232 e. The maximum absolute atomic E-state index is 13.4. The molecule has 1 aromatic rings. The van der Waals surface area contributed by atoms with Crippen LogP contribution < -0.4 is 5.32 Å². The van der Waals surface area contributed by atoms with E-state index in [1.54, 1.807) is 9.80 Å². The summed E-state index contributed by atoms with van der Waals surface area (Å²) in [4.78, 5) is 41.2. The van der Waals surface area contributed by atoms with Crippen molar-refractivity contribution in [1.82, 2.24) is 15.1 Å². The number of amides is 3. The molecule has 28 heavy (non-hydrogen) atoms. The van der Waals surface area contributed by atoms with Gasteiger partial charge in [0.1, 0.15) is 0 Å². The van der Waals surface area contributed by atoms with Crippen LogP contribution in [0.1, 0.15) is 24.8 Å². The molecule has 0 unspecified atom stereocenters. The average Bonchev–Trinajstić information content (AvgIpc) is 2.86. The third-order valence-electron chi connectivity index (χ3n) is 6.20. The molecule has 3 aliphatic rings. The van der Waals surface area contributed by atoms with Gasteiger partial charge in [0.25, 0.3) is 0 Å². The summed E-state index contributed by atoms with van der Waals surface area (Å²) in [6.07, 6.45) is 1.58. The number of likely N-dealkylation sites (tertiary alicyclic amines) is 1. The van der Waals surface area contributed by atoms with Gasteiger partial charge in [-0.1, -0.05) is 30.3 Å². The molecule has 0 bridgehead atoms. The van der Waals surface area contributed by atoms with Gasteiger partial charge in [-0.2, -0.15) is 0 Å². The zero-order valence-corrected chi connectivity index (χ0v) is 16.0. The fraction of sp³-hybridized carbons (Fsp3) is 0.571. The first-order valence-corrected chi connectivity index (χ1v) is 10.0. The third-order valence-corrected chi connectivity index (χ3v) is 6.20. The standard InChI is InChI=1S/C21H27N3O4/c25-17-10-16(11-17)19(27)24-13-21(14-24,12-15-4-2-1-3-5-15)20(28)23-8-6-18(26)22-7-9-23/h1-5,16-17,25H,6-14H2,(H,22,26). The lowest BCUT2D eigenvalue weighted by Gasteiger charge is -2.52. The highest BCUT2D eigenvalue weighted by atomic mass is 16.3. The van der Waals surface area contributed by atoms with Gasteiger partial charge in [0.15, 0.2) is 0 Å². The third kappa shape index (κ3) is 3.63. The zero-order valence-electron chi connectivity index (χ0n) is 16.0. The van der Waals surface area contributed by atoms with E-state index >= 15 is 0 Å². The maximum atomic E-state index is 13.4. The Bertz CT molecular complexity index is 754. The van der Waals surface area contributed by atoms with E-state index < -0.39 is 5.41 Å². The molecule has 2 saturated heterocycles. The van der Waals surface area contributed by atoms with Crippen LogP contribution in [0.5, 0.6) is 0 Å². The van der Waals surface area contributed by atoms with Crippen molar-refractivity contribution in [1.29, 1.82) is 0 Å². The summed E-state index contributed by atoms with van der Waals surface area (Å²) in [5.74, 6) is -0.0544. The molecule has 1 saturated carbocycles. The molecular weight excluding hydrogens is 358 g/mol. The summed E-state index contributed by atoms with van der Waals surface area (Å²) >= 11 is 0. The van der Waals surface area contributed by atoms with Crippen LogP contribution in [0.15, 0.2) is 30.3 Å². The van der Waals surface area contributed by atoms with Gasteiger partial charge >= 0.3 is 0 Å². The fourth-order valence-corrected chi connectivity index (χ4v) is 4.50. The molecule has 7 heteroatoms.